The molecule has 0 heterocycles. The Morgan fingerprint density at radius 3 is 2.50 bits per heavy atom. The minimum atomic E-state index is -4.20. The van der Waals surface area contributed by atoms with E-state index in [1.807, 2.05) is 31.2 Å². The highest BCUT2D eigenvalue weighted by Gasteiger charge is 2.55. The number of hydrogen-bond donors (Lipinski definition) is 1. The van der Waals surface area contributed by atoms with Gasteiger partial charge in [-0.2, -0.15) is 13.2 Å². The lowest BCUT2D eigenvalue weighted by Crippen LogP contribution is -2.60. The zero-order chi connectivity index (χ0) is 13.2. The molecular weight excluding hydrogens is 239 g/mol. The second-order valence-corrected chi connectivity index (χ2v) is 4.95. The van der Waals surface area contributed by atoms with E-state index in [-0.39, 0.29) is 12.8 Å². The molecule has 2 rings (SSSR count). The summed E-state index contributed by atoms with van der Waals surface area (Å²) in [6.07, 6.45) is -2.82. The van der Waals surface area contributed by atoms with E-state index in [0.717, 1.165) is 11.1 Å². The predicted molar refractivity (Wildman–Crippen MR) is 65.5 cm³/mol. The molecule has 1 aliphatic rings. The second-order valence-electron chi connectivity index (χ2n) is 4.95. The Morgan fingerprint density at radius 2 is 1.89 bits per heavy atom. The van der Waals surface area contributed by atoms with Gasteiger partial charge in [0.1, 0.15) is 5.54 Å². The van der Waals surface area contributed by atoms with Gasteiger partial charge < -0.3 is 5.32 Å². The van der Waals surface area contributed by atoms with E-state index in [0.29, 0.717) is 19.4 Å². The van der Waals surface area contributed by atoms with E-state index in [4.69, 9.17) is 0 Å². The van der Waals surface area contributed by atoms with Gasteiger partial charge in [0.15, 0.2) is 0 Å². The van der Waals surface area contributed by atoms with Crippen LogP contribution in [0.15, 0.2) is 24.3 Å². The number of hydrogen-bond acceptors (Lipinski definition) is 1. The average Bonchev–Trinajstić information content (AvgIpc) is 2.34. The van der Waals surface area contributed by atoms with E-state index in [9.17, 15) is 13.2 Å². The van der Waals surface area contributed by atoms with Crippen molar-refractivity contribution in [3.05, 3.63) is 35.4 Å². The van der Waals surface area contributed by atoms with Gasteiger partial charge in [-0.1, -0.05) is 31.2 Å². The molecule has 100 valence electrons. The first-order chi connectivity index (χ1) is 8.48. The summed E-state index contributed by atoms with van der Waals surface area (Å²) in [4.78, 5) is 0. The Hall–Kier alpha value is -1.03. The Kier molecular flexibility index (Phi) is 3.66. The van der Waals surface area contributed by atoms with Crippen molar-refractivity contribution >= 4 is 0 Å². The second kappa shape index (κ2) is 4.92. The first-order valence-electron chi connectivity index (χ1n) is 6.37. The van der Waals surface area contributed by atoms with Gasteiger partial charge in [-0.25, -0.2) is 0 Å². The molecule has 1 N–H and O–H groups in total. The zero-order valence-corrected chi connectivity index (χ0v) is 10.5. The van der Waals surface area contributed by atoms with Crippen molar-refractivity contribution < 1.29 is 13.2 Å². The average molecular weight is 257 g/mol. The number of aryl methyl sites for hydroxylation is 1. The van der Waals surface area contributed by atoms with Gasteiger partial charge in [-0.05, 0) is 43.4 Å². The third-order valence-electron chi connectivity index (χ3n) is 3.69. The van der Waals surface area contributed by atoms with E-state index in [1.165, 1.54) is 0 Å². The van der Waals surface area contributed by atoms with Crippen molar-refractivity contribution in [2.45, 2.75) is 44.3 Å². The largest absolute Gasteiger partial charge is 0.406 e. The molecule has 18 heavy (non-hydrogen) atoms. The molecule has 0 bridgehead atoms. The summed E-state index contributed by atoms with van der Waals surface area (Å²) < 4.78 is 40.1. The van der Waals surface area contributed by atoms with Crippen LogP contribution in [0.5, 0.6) is 0 Å². The number of benzene rings is 1. The minimum Gasteiger partial charge on any atom is -0.303 e. The number of fused-ring (bicyclic) bond motifs is 1. The monoisotopic (exact) mass is 257 g/mol. The highest BCUT2D eigenvalue weighted by atomic mass is 19.4. The molecule has 1 aromatic carbocycles. The molecule has 0 aromatic heterocycles. The maximum absolute atomic E-state index is 13.4. The normalized spacial score (nSPS) is 23.8. The van der Waals surface area contributed by atoms with E-state index in [1.54, 1.807) is 0 Å². The quantitative estimate of drug-likeness (QED) is 0.874. The van der Waals surface area contributed by atoms with E-state index < -0.39 is 11.7 Å². The number of halogens is 3. The molecule has 0 saturated heterocycles. The molecule has 1 aromatic rings. The first-order valence-corrected chi connectivity index (χ1v) is 6.37. The van der Waals surface area contributed by atoms with Crippen LogP contribution in [0.25, 0.3) is 0 Å². The van der Waals surface area contributed by atoms with Crippen LogP contribution in [0.2, 0.25) is 0 Å². The summed E-state index contributed by atoms with van der Waals surface area (Å²) in [6, 6.07) is 7.43. The highest BCUT2D eigenvalue weighted by molar-refractivity contribution is 5.33. The first kappa shape index (κ1) is 13.4. The van der Waals surface area contributed by atoms with Gasteiger partial charge in [0, 0.05) is 0 Å². The van der Waals surface area contributed by atoms with Crippen molar-refractivity contribution in [1.29, 1.82) is 0 Å². The summed E-state index contributed by atoms with van der Waals surface area (Å²) in [6.45, 7) is 2.29. The lowest BCUT2D eigenvalue weighted by Gasteiger charge is -2.40. The maximum Gasteiger partial charge on any atom is 0.406 e. The molecule has 0 amide bonds. The fourth-order valence-electron chi connectivity index (χ4n) is 2.59. The van der Waals surface area contributed by atoms with Crippen molar-refractivity contribution in [1.82, 2.24) is 5.32 Å². The van der Waals surface area contributed by atoms with Crippen LogP contribution in [-0.2, 0) is 12.8 Å². The number of rotatable bonds is 3. The Bertz CT molecular complexity index is 414. The lowest BCUT2D eigenvalue weighted by atomic mass is 9.77. The summed E-state index contributed by atoms with van der Waals surface area (Å²) in [7, 11) is 0. The molecule has 1 atom stereocenters. The van der Waals surface area contributed by atoms with Gasteiger partial charge >= 0.3 is 6.18 Å². The molecule has 0 aliphatic heterocycles. The van der Waals surface area contributed by atoms with Crippen molar-refractivity contribution in [2.75, 3.05) is 6.54 Å². The fraction of sp³-hybridized carbons (Fsp3) is 0.571. The molecule has 0 spiro atoms. The van der Waals surface area contributed by atoms with Crippen LogP contribution >= 0.6 is 0 Å². The minimum absolute atomic E-state index is 0.0483. The van der Waals surface area contributed by atoms with Crippen LogP contribution in [0.1, 0.15) is 30.9 Å². The van der Waals surface area contributed by atoms with Gasteiger partial charge in [0.05, 0.1) is 0 Å². The van der Waals surface area contributed by atoms with Crippen molar-refractivity contribution in [3.63, 3.8) is 0 Å². The fourth-order valence-corrected chi connectivity index (χ4v) is 2.59. The standard InChI is InChI=1S/C14H18F3N/c1-2-9-18-13(14(15,16)17)8-7-11-5-3-4-6-12(11)10-13/h3-6,18H,2,7-10H2,1H3. The summed E-state index contributed by atoms with van der Waals surface area (Å²) >= 11 is 0. The third-order valence-corrected chi connectivity index (χ3v) is 3.69. The van der Waals surface area contributed by atoms with Crippen LogP contribution in [-0.4, -0.2) is 18.3 Å². The molecular formula is C14H18F3N. The molecule has 0 fully saturated rings. The third kappa shape index (κ3) is 2.39. The van der Waals surface area contributed by atoms with E-state index in [2.05, 4.69) is 5.32 Å². The van der Waals surface area contributed by atoms with Gasteiger partial charge in [-0.3, -0.25) is 0 Å². The SMILES string of the molecule is CCCNC1(C(F)(F)F)CCc2ccccc2C1. The molecule has 0 saturated carbocycles. The molecule has 1 nitrogen and oxygen atoms in total. The molecule has 1 aliphatic carbocycles. The smallest absolute Gasteiger partial charge is 0.303 e. The van der Waals surface area contributed by atoms with Gasteiger partial charge in [0.2, 0.25) is 0 Å². The number of nitrogens with one attached hydrogen (secondary N) is 1. The van der Waals surface area contributed by atoms with Crippen molar-refractivity contribution in [2.24, 2.45) is 0 Å². The maximum atomic E-state index is 13.4. The van der Waals surface area contributed by atoms with Crippen LogP contribution in [0.4, 0.5) is 13.2 Å². The summed E-state index contributed by atoms with van der Waals surface area (Å²) in [5.41, 5.74) is 0.137. The van der Waals surface area contributed by atoms with Crippen LogP contribution in [0.3, 0.4) is 0 Å². The summed E-state index contributed by atoms with van der Waals surface area (Å²) in [5, 5.41) is 2.74. The Balaban J connectivity index is 2.29. The lowest BCUT2D eigenvalue weighted by molar-refractivity contribution is -0.200. The van der Waals surface area contributed by atoms with E-state index >= 15 is 0 Å². The van der Waals surface area contributed by atoms with Gasteiger partial charge in [-0.15, -0.1) is 0 Å². The molecule has 4 heteroatoms. The zero-order valence-electron chi connectivity index (χ0n) is 10.5. The Labute approximate surface area is 105 Å². The highest BCUT2D eigenvalue weighted by Crippen LogP contribution is 2.40. The van der Waals surface area contributed by atoms with Crippen molar-refractivity contribution in [3.8, 4) is 0 Å². The Morgan fingerprint density at radius 1 is 1.22 bits per heavy atom. The summed E-state index contributed by atoms with van der Waals surface area (Å²) in [5.74, 6) is 0. The van der Waals surface area contributed by atoms with Gasteiger partial charge in [0.25, 0.3) is 0 Å². The molecule has 0 radical (unpaired) electrons. The molecule has 1 unspecified atom stereocenters. The number of alkyl halides is 3. The van der Waals surface area contributed by atoms with Crippen LogP contribution < -0.4 is 5.32 Å². The predicted octanol–water partition coefficient (Wildman–Crippen LogP) is 3.48. The van der Waals surface area contributed by atoms with Crippen LogP contribution in [0, 0.1) is 0 Å². The topological polar surface area (TPSA) is 12.0 Å².